The Bertz CT molecular complexity index is 945. The first-order chi connectivity index (χ1) is 15.3. The maximum absolute atomic E-state index is 14.7. The second-order valence-electron chi connectivity index (χ2n) is 8.89. The first-order valence-corrected chi connectivity index (χ1v) is 11.3. The number of carbonyl (C=O) groups excluding carboxylic acids is 2. The summed E-state index contributed by atoms with van der Waals surface area (Å²) in [6.45, 7) is 6.73. The zero-order valence-electron chi connectivity index (χ0n) is 19.1. The minimum atomic E-state index is -0.399. The Morgan fingerprint density at radius 1 is 1.34 bits per heavy atom. The van der Waals surface area contributed by atoms with E-state index in [1.165, 1.54) is 6.07 Å². The molecule has 176 valence electrons. The van der Waals surface area contributed by atoms with Crippen LogP contribution in [0.1, 0.15) is 43.7 Å². The molecule has 1 aromatic carbocycles. The summed E-state index contributed by atoms with van der Waals surface area (Å²) in [6.07, 6.45) is 2.02. The molecule has 0 aliphatic carbocycles. The van der Waals surface area contributed by atoms with E-state index in [0.717, 1.165) is 12.8 Å². The van der Waals surface area contributed by atoms with Crippen LogP contribution in [0, 0.1) is 17.7 Å². The van der Waals surface area contributed by atoms with Gasteiger partial charge in [0.1, 0.15) is 11.3 Å². The van der Waals surface area contributed by atoms with Gasteiger partial charge in [0.15, 0.2) is 5.82 Å². The second-order valence-corrected chi connectivity index (χ2v) is 8.89. The van der Waals surface area contributed by atoms with Crippen LogP contribution in [0.15, 0.2) is 18.2 Å². The number of rotatable bonds is 10. The van der Waals surface area contributed by atoms with E-state index in [9.17, 15) is 14.0 Å². The molecule has 2 aromatic rings. The third-order valence-corrected chi connectivity index (χ3v) is 5.88. The Labute approximate surface area is 188 Å². The third kappa shape index (κ3) is 5.45. The zero-order valence-corrected chi connectivity index (χ0v) is 19.1. The number of imidazole rings is 1. The number of aromatic nitrogens is 2. The Hall–Kier alpha value is -2.52. The number of fused-ring (bicyclic) bond motifs is 1. The number of unbranched alkanes of at least 4 members (excludes halogenated alkanes) is 1. The van der Waals surface area contributed by atoms with Crippen LogP contribution >= 0.6 is 0 Å². The van der Waals surface area contributed by atoms with E-state index in [0.29, 0.717) is 50.2 Å². The van der Waals surface area contributed by atoms with Crippen molar-refractivity contribution in [3.05, 3.63) is 29.8 Å². The molecule has 1 aromatic heterocycles. The molecule has 1 aliphatic heterocycles. The van der Waals surface area contributed by atoms with Gasteiger partial charge in [-0.15, -0.1) is 0 Å². The number of piperidine rings is 1. The Balaban J connectivity index is 1.97. The van der Waals surface area contributed by atoms with E-state index in [-0.39, 0.29) is 35.5 Å². The van der Waals surface area contributed by atoms with Crippen LogP contribution in [0.25, 0.3) is 11.0 Å². The lowest BCUT2D eigenvalue weighted by Crippen LogP contribution is -2.54. The van der Waals surface area contributed by atoms with Gasteiger partial charge in [-0.2, -0.15) is 0 Å². The average molecular weight is 448 g/mol. The molecule has 0 spiro atoms. The number of nitrogens with one attached hydrogen (secondary N) is 1. The topological polar surface area (TPSA) is 102 Å². The number of aryl methyl sites for hydroxylation is 1. The van der Waals surface area contributed by atoms with Gasteiger partial charge in [-0.3, -0.25) is 9.59 Å². The molecule has 1 fully saturated rings. The van der Waals surface area contributed by atoms with E-state index in [1.807, 2.05) is 13.8 Å². The number of amides is 2. The number of primary amides is 1. The van der Waals surface area contributed by atoms with Crippen molar-refractivity contribution in [1.82, 2.24) is 19.8 Å². The number of hydrogen-bond donors (Lipinski definition) is 2. The van der Waals surface area contributed by atoms with Crippen molar-refractivity contribution in [1.29, 1.82) is 0 Å². The quantitative estimate of drug-likeness (QED) is 0.544. The lowest BCUT2D eigenvalue weighted by Gasteiger charge is -2.38. The van der Waals surface area contributed by atoms with Gasteiger partial charge in [0.05, 0.1) is 11.4 Å². The summed E-state index contributed by atoms with van der Waals surface area (Å²) in [7, 11) is 1.64. The van der Waals surface area contributed by atoms with Gasteiger partial charge in [0, 0.05) is 45.9 Å². The summed E-state index contributed by atoms with van der Waals surface area (Å²) in [4.78, 5) is 31.9. The largest absolute Gasteiger partial charge is 0.385 e. The molecule has 0 saturated carbocycles. The zero-order chi connectivity index (χ0) is 23.3. The van der Waals surface area contributed by atoms with Crippen molar-refractivity contribution in [2.24, 2.45) is 17.6 Å². The minimum absolute atomic E-state index is 0.192. The van der Waals surface area contributed by atoms with Crippen molar-refractivity contribution >= 4 is 22.8 Å². The highest BCUT2D eigenvalue weighted by Gasteiger charge is 2.34. The Kier molecular flexibility index (Phi) is 8.20. The number of nitrogens with zero attached hydrogens (tertiary/aromatic N) is 3. The molecule has 1 saturated heterocycles. The van der Waals surface area contributed by atoms with Gasteiger partial charge in [0.25, 0.3) is 5.91 Å². The highest BCUT2D eigenvalue weighted by Crippen LogP contribution is 2.24. The highest BCUT2D eigenvalue weighted by molar-refractivity contribution is 5.95. The van der Waals surface area contributed by atoms with Gasteiger partial charge in [-0.05, 0) is 37.3 Å². The normalized spacial score (nSPS) is 18.9. The molecule has 8 nitrogen and oxygen atoms in total. The number of halogens is 1. The lowest BCUT2D eigenvalue weighted by molar-refractivity contribution is -0.122. The number of para-hydroxylation sites is 1. The number of ether oxygens (including phenoxy) is 1. The van der Waals surface area contributed by atoms with Crippen molar-refractivity contribution < 1.29 is 18.7 Å². The van der Waals surface area contributed by atoms with Crippen LogP contribution in [0.2, 0.25) is 0 Å². The van der Waals surface area contributed by atoms with Gasteiger partial charge in [-0.1, -0.05) is 19.9 Å². The summed E-state index contributed by atoms with van der Waals surface area (Å²) in [5.41, 5.74) is 6.34. The summed E-state index contributed by atoms with van der Waals surface area (Å²) in [5, 5.41) is 3.23. The molecule has 3 rings (SSSR count). The first kappa shape index (κ1) is 24.1. The Morgan fingerprint density at radius 3 is 2.81 bits per heavy atom. The second kappa shape index (κ2) is 10.9. The fraction of sp³-hybridized carbons (Fsp3) is 0.609. The third-order valence-electron chi connectivity index (χ3n) is 5.88. The number of carbonyl (C=O) groups is 2. The van der Waals surface area contributed by atoms with Crippen LogP contribution in [0.4, 0.5) is 4.39 Å². The summed E-state index contributed by atoms with van der Waals surface area (Å²) in [5.74, 6) is -0.913. The van der Waals surface area contributed by atoms with Crippen LogP contribution in [0.3, 0.4) is 0 Å². The molecule has 2 heterocycles. The predicted molar refractivity (Wildman–Crippen MR) is 121 cm³/mol. The molecule has 2 atom stereocenters. The van der Waals surface area contributed by atoms with Crippen molar-refractivity contribution in [2.75, 3.05) is 33.4 Å². The van der Waals surface area contributed by atoms with Crippen LogP contribution < -0.4 is 11.1 Å². The standard InChI is InChI=1S/C23H34FN5O3/c1-15(2)14-29(17-11-16(21(25)30)12-26-13-17)23(31)22-27-19-8-6-7-18(24)20(19)28(22)9-4-5-10-32-3/h6-8,15-17,26H,4-5,9-14H2,1-3H3,(H2,25,30)/t16-,17+/m1/s1. The van der Waals surface area contributed by atoms with Crippen molar-refractivity contribution in [2.45, 2.75) is 45.7 Å². The number of nitrogens with two attached hydrogens (primary N) is 1. The fourth-order valence-corrected chi connectivity index (χ4v) is 4.33. The Morgan fingerprint density at radius 2 is 2.12 bits per heavy atom. The van der Waals surface area contributed by atoms with Crippen molar-refractivity contribution in [3.63, 3.8) is 0 Å². The molecule has 32 heavy (non-hydrogen) atoms. The van der Waals surface area contributed by atoms with Crippen LogP contribution in [-0.2, 0) is 16.1 Å². The van der Waals surface area contributed by atoms with Gasteiger partial charge >= 0.3 is 0 Å². The number of methoxy groups -OCH3 is 1. The van der Waals surface area contributed by atoms with Gasteiger partial charge in [0.2, 0.25) is 5.91 Å². The molecule has 2 amide bonds. The molecule has 0 unspecified atom stereocenters. The molecule has 3 N–H and O–H groups in total. The van der Waals surface area contributed by atoms with E-state index in [2.05, 4.69) is 10.3 Å². The monoisotopic (exact) mass is 447 g/mol. The van der Waals surface area contributed by atoms with Crippen molar-refractivity contribution in [3.8, 4) is 0 Å². The predicted octanol–water partition coefficient (Wildman–Crippen LogP) is 2.16. The van der Waals surface area contributed by atoms with E-state index in [1.54, 1.807) is 28.7 Å². The van der Waals surface area contributed by atoms with Crippen LogP contribution in [-0.4, -0.2) is 65.7 Å². The van der Waals surface area contributed by atoms with Crippen LogP contribution in [0.5, 0.6) is 0 Å². The fourth-order valence-electron chi connectivity index (χ4n) is 4.33. The number of benzene rings is 1. The minimum Gasteiger partial charge on any atom is -0.385 e. The molecule has 0 radical (unpaired) electrons. The molecular formula is C23H34FN5O3. The average Bonchev–Trinajstić information content (AvgIpc) is 3.14. The summed E-state index contributed by atoms with van der Waals surface area (Å²) in [6, 6.07) is 4.52. The van der Waals surface area contributed by atoms with Gasteiger partial charge < -0.3 is 25.3 Å². The smallest absolute Gasteiger partial charge is 0.290 e. The van der Waals surface area contributed by atoms with E-state index < -0.39 is 5.82 Å². The summed E-state index contributed by atoms with van der Waals surface area (Å²) < 4.78 is 21.5. The first-order valence-electron chi connectivity index (χ1n) is 11.3. The van der Waals surface area contributed by atoms with Gasteiger partial charge in [-0.25, -0.2) is 9.37 Å². The van der Waals surface area contributed by atoms with E-state index in [4.69, 9.17) is 10.5 Å². The molecule has 9 heteroatoms. The SMILES string of the molecule is COCCCCn1c(C(=O)N(CC(C)C)[C@@H]2CNC[C@H](C(N)=O)C2)nc2cccc(F)c21. The maximum atomic E-state index is 14.7. The number of hydrogen-bond acceptors (Lipinski definition) is 5. The molecule has 1 aliphatic rings. The summed E-state index contributed by atoms with van der Waals surface area (Å²) >= 11 is 0. The lowest BCUT2D eigenvalue weighted by atomic mass is 9.93. The van der Waals surface area contributed by atoms with E-state index >= 15 is 0 Å². The highest BCUT2D eigenvalue weighted by atomic mass is 19.1. The maximum Gasteiger partial charge on any atom is 0.290 e. The molecule has 0 bridgehead atoms. The molecular weight excluding hydrogens is 413 g/mol.